The van der Waals surface area contributed by atoms with E-state index in [0.29, 0.717) is 37.1 Å². The smallest absolute Gasteiger partial charge is 0.241 e. The molecular weight excluding hydrogens is 359 g/mol. The van der Waals surface area contributed by atoms with Gasteiger partial charge in [0.1, 0.15) is 5.82 Å². The average molecular weight is 382 g/mol. The first kappa shape index (κ1) is 19.7. The lowest BCUT2D eigenvalue weighted by Crippen LogP contribution is -2.46. The van der Waals surface area contributed by atoms with Crippen LogP contribution in [0.25, 0.3) is 11.1 Å². The molecule has 5 nitrogen and oxygen atoms in total. The Hall–Kier alpha value is -3.02. The number of nitrogens with one attached hydrogen (secondary N) is 1. The fraction of sp³-hybridized carbons (Fsp3) is 0.318. The molecule has 1 atom stereocenters. The van der Waals surface area contributed by atoms with Crippen LogP contribution >= 0.6 is 0 Å². The van der Waals surface area contributed by atoms with Crippen molar-refractivity contribution in [3.63, 3.8) is 0 Å². The van der Waals surface area contributed by atoms with E-state index in [2.05, 4.69) is 5.32 Å². The topological polar surface area (TPSA) is 66.5 Å². The predicted molar refractivity (Wildman–Crippen MR) is 104 cm³/mol. The molecule has 2 aromatic carbocycles. The number of amides is 2. The number of nitrogens with zero attached hydrogens (tertiary/aromatic N) is 1. The van der Waals surface area contributed by atoms with Gasteiger partial charge in [-0.05, 0) is 24.5 Å². The maximum atomic E-state index is 14.6. The molecule has 146 valence electrons. The molecule has 1 saturated heterocycles. The summed E-state index contributed by atoms with van der Waals surface area (Å²) < 4.78 is 14.6. The highest BCUT2D eigenvalue weighted by Gasteiger charge is 2.29. The van der Waals surface area contributed by atoms with Crippen LogP contribution in [-0.4, -0.2) is 42.1 Å². The number of benzene rings is 2. The number of carbonyl (C=O) groups excluding carboxylic acids is 3. The van der Waals surface area contributed by atoms with Crippen LogP contribution in [0.3, 0.4) is 0 Å². The van der Waals surface area contributed by atoms with E-state index in [1.54, 1.807) is 17.0 Å². The third-order valence-electron chi connectivity index (χ3n) is 4.97. The largest absolute Gasteiger partial charge is 0.347 e. The van der Waals surface area contributed by atoms with E-state index in [-0.39, 0.29) is 30.1 Å². The van der Waals surface area contributed by atoms with Gasteiger partial charge in [-0.15, -0.1) is 0 Å². The fourth-order valence-corrected chi connectivity index (χ4v) is 3.49. The Bertz CT molecular complexity index is 883. The van der Waals surface area contributed by atoms with Gasteiger partial charge in [0.05, 0.1) is 6.54 Å². The molecule has 1 fully saturated rings. The number of carbonyl (C=O) groups is 3. The van der Waals surface area contributed by atoms with Gasteiger partial charge in [-0.2, -0.15) is 0 Å². The number of Topliss-reactive ketones (excluding diaryl/α,β-unsaturated/α-hetero) is 1. The molecule has 28 heavy (non-hydrogen) atoms. The molecule has 2 amide bonds. The predicted octanol–water partition coefficient (Wildman–Crippen LogP) is 3.05. The van der Waals surface area contributed by atoms with Crippen LogP contribution in [0.4, 0.5) is 4.39 Å². The first-order valence-corrected chi connectivity index (χ1v) is 9.37. The Morgan fingerprint density at radius 1 is 1.14 bits per heavy atom. The van der Waals surface area contributed by atoms with E-state index >= 15 is 0 Å². The molecule has 1 aliphatic rings. The van der Waals surface area contributed by atoms with E-state index in [1.165, 1.54) is 13.0 Å². The Morgan fingerprint density at radius 2 is 1.89 bits per heavy atom. The van der Waals surface area contributed by atoms with Crippen LogP contribution in [0.2, 0.25) is 0 Å². The molecule has 2 aromatic rings. The number of halogens is 1. The summed E-state index contributed by atoms with van der Waals surface area (Å²) in [6, 6.07) is 13.7. The maximum Gasteiger partial charge on any atom is 0.241 e. The standard InChI is InChI=1S/C22H23FN2O3/c1-15(26)24-13-21(27)25-11-5-8-18(14-25)22(28)17-9-10-19(20(23)12-17)16-6-3-2-4-7-16/h2-4,6-7,9-10,12,18H,5,8,11,13-14H2,1H3,(H,24,26)/t18-/m1/s1. The average Bonchev–Trinajstić information content (AvgIpc) is 2.72. The lowest BCUT2D eigenvalue weighted by Gasteiger charge is -2.32. The van der Waals surface area contributed by atoms with Gasteiger partial charge in [0.15, 0.2) is 5.78 Å². The Labute approximate surface area is 163 Å². The second-order valence-corrected chi connectivity index (χ2v) is 7.01. The van der Waals surface area contributed by atoms with E-state index in [0.717, 1.165) is 5.56 Å². The molecule has 0 unspecified atom stereocenters. The number of hydrogen-bond donors (Lipinski definition) is 1. The molecule has 6 heteroatoms. The van der Waals surface area contributed by atoms with Gasteiger partial charge >= 0.3 is 0 Å². The molecule has 0 bridgehead atoms. The SMILES string of the molecule is CC(=O)NCC(=O)N1CCC[C@@H](C(=O)c2ccc(-c3ccccc3)c(F)c2)C1. The molecule has 1 heterocycles. The number of ketones is 1. The molecular formula is C22H23FN2O3. The molecule has 0 aliphatic carbocycles. The molecule has 0 saturated carbocycles. The number of rotatable bonds is 5. The Morgan fingerprint density at radius 3 is 2.57 bits per heavy atom. The summed E-state index contributed by atoms with van der Waals surface area (Å²) in [5.41, 5.74) is 1.53. The van der Waals surface area contributed by atoms with Crippen molar-refractivity contribution >= 4 is 17.6 Å². The molecule has 1 N–H and O–H groups in total. The van der Waals surface area contributed by atoms with Gasteiger partial charge in [-0.25, -0.2) is 4.39 Å². The van der Waals surface area contributed by atoms with Crippen molar-refractivity contribution in [2.75, 3.05) is 19.6 Å². The normalized spacial score (nSPS) is 16.5. The van der Waals surface area contributed by atoms with Crippen LogP contribution < -0.4 is 5.32 Å². The highest BCUT2D eigenvalue weighted by molar-refractivity contribution is 5.99. The van der Waals surface area contributed by atoms with Crippen LogP contribution in [0.5, 0.6) is 0 Å². The van der Waals surface area contributed by atoms with Crippen molar-refractivity contribution in [2.24, 2.45) is 5.92 Å². The van der Waals surface area contributed by atoms with Crippen LogP contribution in [-0.2, 0) is 9.59 Å². The van der Waals surface area contributed by atoms with Crippen LogP contribution in [0.1, 0.15) is 30.1 Å². The Balaban J connectivity index is 1.70. The number of likely N-dealkylation sites (tertiary alicyclic amines) is 1. The van der Waals surface area contributed by atoms with Gasteiger partial charge in [0, 0.05) is 37.1 Å². The molecule has 0 radical (unpaired) electrons. The first-order valence-electron chi connectivity index (χ1n) is 9.37. The number of hydrogen-bond acceptors (Lipinski definition) is 3. The van der Waals surface area contributed by atoms with Gasteiger partial charge < -0.3 is 10.2 Å². The monoisotopic (exact) mass is 382 g/mol. The highest BCUT2D eigenvalue weighted by Crippen LogP contribution is 2.26. The Kier molecular flexibility index (Phi) is 6.19. The maximum absolute atomic E-state index is 14.6. The van der Waals surface area contributed by atoms with E-state index in [9.17, 15) is 18.8 Å². The third-order valence-corrected chi connectivity index (χ3v) is 4.97. The third kappa shape index (κ3) is 4.63. The van der Waals surface area contributed by atoms with Crippen LogP contribution in [0, 0.1) is 11.7 Å². The van der Waals surface area contributed by atoms with E-state index in [4.69, 9.17) is 0 Å². The lowest BCUT2D eigenvalue weighted by molar-refractivity contribution is -0.133. The zero-order chi connectivity index (χ0) is 20.1. The summed E-state index contributed by atoms with van der Waals surface area (Å²) in [4.78, 5) is 37.6. The lowest BCUT2D eigenvalue weighted by atomic mass is 9.89. The zero-order valence-corrected chi connectivity index (χ0v) is 15.8. The van der Waals surface area contributed by atoms with Gasteiger partial charge in [-0.3, -0.25) is 14.4 Å². The van der Waals surface area contributed by atoms with Crippen molar-refractivity contribution in [3.05, 3.63) is 59.9 Å². The number of piperidine rings is 1. The molecule has 0 spiro atoms. The summed E-state index contributed by atoms with van der Waals surface area (Å²) in [5.74, 6) is -1.44. The van der Waals surface area contributed by atoms with Crippen molar-refractivity contribution in [3.8, 4) is 11.1 Å². The van der Waals surface area contributed by atoms with Gasteiger partial charge in [0.2, 0.25) is 11.8 Å². The van der Waals surface area contributed by atoms with Crippen molar-refractivity contribution < 1.29 is 18.8 Å². The summed E-state index contributed by atoms with van der Waals surface area (Å²) in [6.45, 7) is 2.13. The summed E-state index contributed by atoms with van der Waals surface area (Å²) in [5, 5.41) is 2.48. The first-order chi connectivity index (χ1) is 13.5. The quantitative estimate of drug-likeness (QED) is 0.809. The molecule has 3 rings (SSSR count). The van der Waals surface area contributed by atoms with E-state index < -0.39 is 5.82 Å². The molecule has 0 aromatic heterocycles. The minimum absolute atomic E-state index is 0.0728. The van der Waals surface area contributed by atoms with E-state index in [1.807, 2.05) is 30.3 Å². The second kappa shape index (κ2) is 8.78. The fourth-order valence-electron chi connectivity index (χ4n) is 3.49. The zero-order valence-electron chi connectivity index (χ0n) is 15.8. The van der Waals surface area contributed by atoms with Crippen molar-refractivity contribution in [1.82, 2.24) is 10.2 Å². The van der Waals surface area contributed by atoms with Crippen LogP contribution in [0.15, 0.2) is 48.5 Å². The summed E-state index contributed by atoms with van der Waals surface area (Å²) in [7, 11) is 0. The van der Waals surface area contributed by atoms with Crippen molar-refractivity contribution in [1.29, 1.82) is 0 Å². The molecule has 1 aliphatic heterocycles. The minimum Gasteiger partial charge on any atom is -0.347 e. The van der Waals surface area contributed by atoms with Crippen molar-refractivity contribution in [2.45, 2.75) is 19.8 Å². The second-order valence-electron chi connectivity index (χ2n) is 7.01. The summed E-state index contributed by atoms with van der Waals surface area (Å²) >= 11 is 0. The highest BCUT2D eigenvalue weighted by atomic mass is 19.1. The minimum atomic E-state index is -0.438. The van der Waals surface area contributed by atoms with Gasteiger partial charge in [-0.1, -0.05) is 42.5 Å². The summed E-state index contributed by atoms with van der Waals surface area (Å²) in [6.07, 6.45) is 1.36. The van der Waals surface area contributed by atoms with Gasteiger partial charge in [0.25, 0.3) is 0 Å².